The summed E-state index contributed by atoms with van der Waals surface area (Å²) in [5.41, 5.74) is 1.28. The Bertz CT molecular complexity index is 863. The minimum atomic E-state index is -3.16. The van der Waals surface area contributed by atoms with E-state index >= 15 is 0 Å². The number of amides is 1. The van der Waals surface area contributed by atoms with Gasteiger partial charge in [-0.05, 0) is 48.7 Å². The number of furan rings is 1. The first kappa shape index (κ1) is 18.5. The van der Waals surface area contributed by atoms with E-state index in [9.17, 15) is 13.2 Å². The molecule has 138 valence electrons. The van der Waals surface area contributed by atoms with E-state index in [1.807, 2.05) is 0 Å². The average Bonchev–Trinajstić information content (AvgIpc) is 3.14. The van der Waals surface area contributed by atoms with E-state index in [1.165, 1.54) is 12.3 Å². The van der Waals surface area contributed by atoms with Crippen LogP contribution >= 0.6 is 0 Å². The van der Waals surface area contributed by atoms with Gasteiger partial charge in [0.25, 0.3) is 0 Å². The number of carbonyl (C=O) groups is 1. The first-order valence-corrected chi connectivity index (χ1v) is 10.6. The zero-order valence-corrected chi connectivity index (χ0v) is 15.4. The normalized spacial score (nSPS) is 16.0. The minimum absolute atomic E-state index is 0.0175. The summed E-state index contributed by atoms with van der Waals surface area (Å²) in [6.07, 6.45) is 9.11. The molecule has 1 aliphatic carbocycles. The fourth-order valence-corrected chi connectivity index (χ4v) is 5.17. The molecule has 0 radical (unpaired) electrons. The van der Waals surface area contributed by atoms with Crippen molar-refractivity contribution in [2.45, 2.75) is 43.1 Å². The van der Waals surface area contributed by atoms with Gasteiger partial charge in [0.1, 0.15) is 5.76 Å². The Kier molecular flexibility index (Phi) is 5.93. The van der Waals surface area contributed by atoms with Gasteiger partial charge in [0, 0.05) is 11.8 Å². The summed E-state index contributed by atoms with van der Waals surface area (Å²) in [4.78, 5) is 12.0. The van der Waals surface area contributed by atoms with Gasteiger partial charge in [-0.2, -0.15) is 0 Å². The molecule has 1 heterocycles. The Hall–Kier alpha value is -2.34. The molecule has 1 aromatic carbocycles. The maximum absolute atomic E-state index is 12.6. The van der Waals surface area contributed by atoms with Gasteiger partial charge in [-0.25, -0.2) is 8.42 Å². The quantitative estimate of drug-likeness (QED) is 0.771. The number of nitrogens with one attached hydrogen (secondary N) is 1. The van der Waals surface area contributed by atoms with Crippen LogP contribution in [0.1, 0.15) is 43.4 Å². The molecule has 0 saturated heterocycles. The van der Waals surface area contributed by atoms with Crippen molar-refractivity contribution in [2.75, 3.05) is 5.32 Å². The Morgan fingerprint density at radius 1 is 1.15 bits per heavy atom. The van der Waals surface area contributed by atoms with Crippen LogP contribution < -0.4 is 5.32 Å². The molecular weight excluding hydrogens is 350 g/mol. The molecule has 1 aromatic heterocycles. The van der Waals surface area contributed by atoms with Gasteiger partial charge >= 0.3 is 0 Å². The molecular formula is C20H23NO4S. The molecule has 1 saturated carbocycles. The van der Waals surface area contributed by atoms with Crippen LogP contribution in [0.2, 0.25) is 0 Å². The van der Waals surface area contributed by atoms with Crippen molar-refractivity contribution >= 4 is 27.5 Å². The SMILES string of the molecule is O=C(/C=C/c1ccco1)Nc1cccc(CS(=O)(=O)C2CCCCC2)c1. The highest BCUT2D eigenvalue weighted by molar-refractivity contribution is 7.91. The van der Waals surface area contributed by atoms with Crippen LogP contribution in [-0.4, -0.2) is 19.6 Å². The summed E-state index contributed by atoms with van der Waals surface area (Å²) in [7, 11) is -3.16. The van der Waals surface area contributed by atoms with Crippen LogP contribution in [0.15, 0.2) is 53.2 Å². The number of sulfone groups is 1. The molecule has 1 fully saturated rings. The number of hydrogen-bond donors (Lipinski definition) is 1. The van der Waals surface area contributed by atoms with Gasteiger partial charge in [-0.3, -0.25) is 4.79 Å². The molecule has 6 heteroatoms. The summed E-state index contributed by atoms with van der Waals surface area (Å²) >= 11 is 0. The molecule has 0 aliphatic heterocycles. The van der Waals surface area contributed by atoms with E-state index in [0.717, 1.165) is 32.1 Å². The van der Waals surface area contributed by atoms with Crippen LogP contribution in [-0.2, 0) is 20.4 Å². The number of rotatable bonds is 6. The van der Waals surface area contributed by atoms with Crippen molar-refractivity contribution in [3.05, 3.63) is 60.1 Å². The van der Waals surface area contributed by atoms with Crippen molar-refractivity contribution in [1.29, 1.82) is 0 Å². The Balaban J connectivity index is 1.63. The molecule has 0 spiro atoms. The van der Waals surface area contributed by atoms with Gasteiger partial charge < -0.3 is 9.73 Å². The van der Waals surface area contributed by atoms with Crippen LogP contribution in [0.4, 0.5) is 5.69 Å². The average molecular weight is 373 g/mol. The molecule has 5 nitrogen and oxygen atoms in total. The molecule has 1 N–H and O–H groups in total. The predicted octanol–water partition coefficient (Wildman–Crippen LogP) is 4.18. The Morgan fingerprint density at radius 3 is 2.69 bits per heavy atom. The van der Waals surface area contributed by atoms with Gasteiger partial charge in [0.05, 0.1) is 17.3 Å². The Labute approximate surface area is 154 Å². The van der Waals surface area contributed by atoms with Crippen molar-refractivity contribution < 1.29 is 17.6 Å². The topological polar surface area (TPSA) is 76.4 Å². The minimum Gasteiger partial charge on any atom is -0.465 e. The summed E-state index contributed by atoms with van der Waals surface area (Å²) < 4.78 is 30.4. The second kappa shape index (κ2) is 8.36. The molecule has 1 aliphatic rings. The first-order chi connectivity index (χ1) is 12.5. The third kappa shape index (κ3) is 5.08. The summed E-state index contributed by atoms with van der Waals surface area (Å²) in [5.74, 6) is 0.310. The summed E-state index contributed by atoms with van der Waals surface area (Å²) in [5, 5.41) is 2.52. The van der Waals surface area contributed by atoms with Crippen molar-refractivity contribution in [3.63, 3.8) is 0 Å². The highest BCUT2D eigenvalue weighted by Gasteiger charge is 2.27. The van der Waals surface area contributed by atoms with Gasteiger partial charge in [0.2, 0.25) is 5.91 Å². The monoisotopic (exact) mass is 373 g/mol. The number of hydrogen-bond acceptors (Lipinski definition) is 4. The molecule has 1 amide bonds. The predicted molar refractivity (Wildman–Crippen MR) is 102 cm³/mol. The van der Waals surface area contributed by atoms with E-state index < -0.39 is 9.84 Å². The smallest absolute Gasteiger partial charge is 0.248 e. The molecule has 2 aromatic rings. The largest absolute Gasteiger partial charge is 0.465 e. The third-order valence-electron chi connectivity index (χ3n) is 4.56. The van der Waals surface area contributed by atoms with Crippen molar-refractivity contribution in [3.8, 4) is 0 Å². The van der Waals surface area contributed by atoms with Crippen LogP contribution in [0.25, 0.3) is 6.08 Å². The maximum atomic E-state index is 12.6. The van der Waals surface area contributed by atoms with E-state index in [-0.39, 0.29) is 16.9 Å². The zero-order valence-electron chi connectivity index (χ0n) is 14.6. The summed E-state index contributed by atoms with van der Waals surface area (Å²) in [6, 6.07) is 10.5. The fraction of sp³-hybridized carbons (Fsp3) is 0.350. The lowest BCUT2D eigenvalue weighted by molar-refractivity contribution is -0.111. The maximum Gasteiger partial charge on any atom is 0.248 e. The lowest BCUT2D eigenvalue weighted by Gasteiger charge is -2.21. The van der Waals surface area contributed by atoms with Crippen molar-refractivity contribution in [2.24, 2.45) is 0 Å². The second-order valence-corrected chi connectivity index (χ2v) is 8.89. The van der Waals surface area contributed by atoms with Crippen LogP contribution in [0.3, 0.4) is 0 Å². The highest BCUT2D eigenvalue weighted by Crippen LogP contribution is 2.26. The molecule has 26 heavy (non-hydrogen) atoms. The number of anilines is 1. The highest BCUT2D eigenvalue weighted by atomic mass is 32.2. The molecule has 0 atom stereocenters. The number of benzene rings is 1. The first-order valence-electron chi connectivity index (χ1n) is 8.86. The van der Waals surface area contributed by atoms with E-state index in [2.05, 4.69) is 5.32 Å². The van der Waals surface area contributed by atoms with E-state index in [4.69, 9.17) is 4.42 Å². The van der Waals surface area contributed by atoms with Crippen LogP contribution in [0.5, 0.6) is 0 Å². The zero-order chi connectivity index (χ0) is 18.4. The van der Waals surface area contributed by atoms with Gasteiger partial charge in [0.15, 0.2) is 9.84 Å². The second-order valence-electron chi connectivity index (χ2n) is 6.61. The van der Waals surface area contributed by atoms with Gasteiger partial charge in [-0.15, -0.1) is 0 Å². The lowest BCUT2D eigenvalue weighted by Crippen LogP contribution is -2.25. The summed E-state index contributed by atoms with van der Waals surface area (Å²) in [6.45, 7) is 0. The standard InChI is InChI=1S/C20H23NO4S/c22-20(12-11-18-8-5-13-25-18)21-17-7-4-6-16(14-17)15-26(23,24)19-9-2-1-3-10-19/h4-8,11-14,19H,1-3,9-10,15H2,(H,21,22)/b12-11+. The number of carbonyl (C=O) groups excluding carboxylic acids is 1. The van der Waals surface area contributed by atoms with E-state index in [0.29, 0.717) is 17.0 Å². The Morgan fingerprint density at radius 2 is 1.96 bits per heavy atom. The third-order valence-corrected chi connectivity index (χ3v) is 6.79. The van der Waals surface area contributed by atoms with E-state index in [1.54, 1.807) is 42.5 Å². The lowest BCUT2D eigenvalue weighted by atomic mass is 10.0. The molecule has 0 bridgehead atoms. The van der Waals surface area contributed by atoms with Gasteiger partial charge in [-0.1, -0.05) is 31.4 Å². The molecule has 0 unspecified atom stereocenters. The van der Waals surface area contributed by atoms with Crippen LogP contribution in [0, 0.1) is 0 Å². The molecule has 3 rings (SSSR count). The fourth-order valence-electron chi connectivity index (χ4n) is 3.24. The van der Waals surface area contributed by atoms with Crippen molar-refractivity contribution in [1.82, 2.24) is 0 Å².